The van der Waals surface area contributed by atoms with Crippen LogP contribution in [0.25, 0.3) is 0 Å². The van der Waals surface area contributed by atoms with Crippen molar-refractivity contribution in [2.75, 3.05) is 19.3 Å². The molecule has 1 saturated carbocycles. The maximum Gasteiger partial charge on any atom is 0.326 e. The van der Waals surface area contributed by atoms with Crippen LogP contribution in [-0.4, -0.2) is 87.6 Å². The molecule has 12 heteroatoms. The molecule has 1 aliphatic carbocycles. The Morgan fingerprint density at radius 2 is 1.71 bits per heavy atom. The lowest BCUT2D eigenvalue weighted by Gasteiger charge is -2.47. The van der Waals surface area contributed by atoms with Gasteiger partial charge in [-0.1, -0.05) is 49.6 Å². The van der Waals surface area contributed by atoms with E-state index in [-0.39, 0.29) is 18.9 Å². The van der Waals surface area contributed by atoms with Crippen molar-refractivity contribution < 1.29 is 23.1 Å². The molecule has 2 heterocycles. The van der Waals surface area contributed by atoms with E-state index < -0.39 is 55.9 Å². The van der Waals surface area contributed by atoms with Crippen molar-refractivity contribution in [3.63, 3.8) is 0 Å². The largest absolute Gasteiger partial charge is 0.390 e. The number of likely N-dealkylation sites (tertiary alicyclic amines) is 1. The minimum Gasteiger partial charge on any atom is -0.390 e. The van der Waals surface area contributed by atoms with Crippen molar-refractivity contribution in [3.8, 4) is 0 Å². The molecule has 4 N–H and O–H groups in total. The monoisotopic (exact) mass is 645 g/mol. The smallest absolute Gasteiger partial charge is 0.326 e. The molecular formula is C33H51N5O6S. The Hall–Kier alpha value is -2.96. The molecule has 2 aromatic rings. The molecule has 2 aliphatic rings. The lowest BCUT2D eigenvalue weighted by Crippen LogP contribution is -2.61. The first-order valence-corrected chi connectivity index (χ1v) is 17.9. The third-order valence-electron chi connectivity index (χ3n) is 9.63. The Bertz CT molecular complexity index is 1480. The number of piperidine rings is 1. The number of fused-ring (bicyclic) bond motifs is 1. The molecule has 250 valence electrons. The fraction of sp³-hybridized carbons (Fsp3) is 0.667. The summed E-state index contributed by atoms with van der Waals surface area (Å²) < 4.78 is 25.2. The van der Waals surface area contributed by atoms with Gasteiger partial charge in [-0.2, -0.15) is 0 Å². The molecule has 1 aliphatic heterocycles. The van der Waals surface area contributed by atoms with Crippen LogP contribution in [0, 0.1) is 11.8 Å². The van der Waals surface area contributed by atoms with E-state index in [0.717, 1.165) is 48.5 Å². The SMILES string of the molecule is CC(C)(C)NC(=O)C1CC2CCCCC2CN1CC(O)C(Cc1ccccc1)NC(=O)C(n1cc[nH]c1=O)C(C)(C)S(C)(=O)=O. The quantitative estimate of drug-likeness (QED) is 0.293. The fourth-order valence-electron chi connectivity index (χ4n) is 6.92. The molecule has 1 saturated heterocycles. The van der Waals surface area contributed by atoms with E-state index in [0.29, 0.717) is 18.4 Å². The summed E-state index contributed by atoms with van der Waals surface area (Å²) in [7, 11) is -3.82. The number of aromatic amines is 1. The number of carbonyl (C=O) groups is 2. The van der Waals surface area contributed by atoms with Crippen LogP contribution in [0.1, 0.15) is 78.3 Å². The number of hydrogen-bond acceptors (Lipinski definition) is 7. The van der Waals surface area contributed by atoms with E-state index in [9.17, 15) is 27.9 Å². The van der Waals surface area contributed by atoms with Gasteiger partial charge in [0.05, 0.1) is 22.9 Å². The molecule has 6 unspecified atom stereocenters. The molecule has 45 heavy (non-hydrogen) atoms. The molecule has 1 aromatic carbocycles. The Kier molecular flexibility index (Phi) is 10.7. The van der Waals surface area contributed by atoms with Crippen molar-refractivity contribution in [2.24, 2.45) is 11.8 Å². The molecule has 0 spiro atoms. The fourth-order valence-corrected chi connectivity index (χ4v) is 7.55. The Labute approximate surface area is 267 Å². The number of β-amino-alcohol motifs (C(OH)–C–C–N with tert-alkyl or cyclic N) is 1. The van der Waals surface area contributed by atoms with E-state index in [1.807, 2.05) is 51.1 Å². The molecule has 11 nitrogen and oxygen atoms in total. The highest BCUT2D eigenvalue weighted by Crippen LogP contribution is 2.39. The van der Waals surface area contributed by atoms with Crippen molar-refractivity contribution in [3.05, 3.63) is 58.8 Å². The van der Waals surface area contributed by atoms with Gasteiger partial charge in [0.2, 0.25) is 11.8 Å². The Morgan fingerprint density at radius 1 is 1.07 bits per heavy atom. The number of hydrogen-bond donors (Lipinski definition) is 4. The van der Waals surface area contributed by atoms with Crippen molar-refractivity contribution in [1.82, 2.24) is 25.1 Å². The van der Waals surface area contributed by atoms with E-state index in [2.05, 4.69) is 20.5 Å². The molecular weight excluding hydrogens is 594 g/mol. The lowest BCUT2D eigenvalue weighted by molar-refractivity contribution is -0.133. The maximum atomic E-state index is 14.1. The normalized spacial score (nSPS) is 23.4. The highest BCUT2D eigenvalue weighted by Gasteiger charge is 2.47. The highest BCUT2D eigenvalue weighted by atomic mass is 32.2. The predicted octanol–water partition coefficient (Wildman–Crippen LogP) is 2.42. The van der Waals surface area contributed by atoms with Gasteiger partial charge < -0.3 is 20.7 Å². The highest BCUT2D eigenvalue weighted by molar-refractivity contribution is 7.92. The van der Waals surface area contributed by atoms with Gasteiger partial charge >= 0.3 is 5.69 Å². The summed E-state index contributed by atoms with van der Waals surface area (Å²) in [5, 5.41) is 17.9. The van der Waals surface area contributed by atoms with Gasteiger partial charge in [-0.25, -0.2) is 13.2 Å². The van der Waals surface area contributed by atoms with Crippen LogP contribution in [0.15, 0.2) is 47.5 Å². The summed E-state index contributed by atoms with van der Waals surface area (Å²) in [5.41, 5.74) is -0.158. The standard InChI is InChI=1S/C33H51N5O6S/c1-32(2,3)36-29(40)26-19-23-14-10-11-15-24(23)20-37(26)21-27(39)25(18-22-12-8-7-9-13-22)35-30(41)28(33(4,5)45(6,43)44)38-17-16-34-31(38)42/h7-9,12-13,16-17,23-28,39H,10-11,14-15,18-21H2,1-6H3,(H,34,42)(H,35,41)(H,36,40). The van der Waals surface area contributed by atoms with Crippen molar-refractivity contribution >= 4 is 21.7 Å². The number of nitrogens with zero attached hydrogens (tertiary/aromatic N) is 2. The number of carbonyl (C=O) groups excluding carboxylic acids is 2. The second kappa shape index (κ2) is 13.8. The number of nitrogens with one attached hydrogen (secondary N) is 3. The van der Waals surface area contributed by atoms with Crippen LogP contribution in [0.2, 0.25) is 0 Å². The summed E-state index contributed by atoms with van der Waals surface area (Å²) in [6, 6.07) is 6.76. The second-order valence-electron chi connectivity index (χ2n) is 14.6. The number of aliphatic hydroxyl groups is 1. The minimum atomic E-state index is -3.82. The average Bonchev–Trinajstić information content (AvgIpc) is 3.36. The average molecular weight is 646 g/mol. The first kappa shape index (κ1) is 34.9. The van der Waals surface area contributed by atoms with Crippen molar-refractivity contribution in [1.29, 1.82) is 0 Å². The summed E-state index contributed by atoms with van der Waals surface area (Å²) in [6.45, 7) is 9.51. The van der Waals surface area contributed by atoms with Crippen LogP contribution in [0.4, 0.5) is 0 Å². The zero-order valence-electron chi connectivity index (χ0n) is 27.5. The topological polar surface area (TPSA) is 154 Å². The van der Waals surface area contributed by atoms with Crippen LogP contribution < -0.4 is 16.3 Å². The number of benzene rings is 1. The predicted molar refractivity (Wildman–Crippen MR) is 174 cm³/mol. The zero-order valence-corrected chi connectivity index (χ0v) is 28.3. The summed E-state index contributed by atoms with van der Waals surface area (Å²) in [4.78, 5) is 44.9. The summed E-state index contributed by atoms with van der Waals surface area (Å²) >= 11 is 0. The van der Waals surface area contributed by atoms with Gasteiger partial charge in [0.25, 0.3) is 0 Å². The van der Waals surface area contributed by atoms with E-state index in [4.69, 9.17) is 0 Å². The molecule has 0 radical (unpaired) electrons. The number of sulfone groups is 1. The Balaban J connectivity index is 1.65. The van der Waals surface area contributed by atoms with Gasteiger partial charge in [-0.3, -0.25) is 19.1 Å². The van der Waals surface area contributed by atoms with Crippen LogP contribution in [-0.2, 0) is 25.8 Å². The van der Waals surface area contributed by atoms with Gasteiger partial charge in [0, 0.05) is 37.3 Å². The maximum absolute atomic E-state index is 14.1. The van der Waals surface area contributed by atoms with Gasteiger partial charge in [-0.05, 0) is 71.3 Å². The number of amides is 2. The summed E-state index contributed by atoms with van der Waals surface area (Å²) in [6.07, 6.45) is 8.14. The van der Waals surface area contributed by atoms with Gasteiger partial charge in [-0.15, -0.1) is 0 Å². The van der Waals surface area contributed by atoms with Crippen LogP contribution in [0.3, 0.4) is 0 Å². The molecule has 1 aromatic heterocycles. The molecule has 0 bridgehead atoms. The van der Waals surface area contributed by atoms with E-state index >= 15 is 0 Å². The number of aromatic nitrogens is 2. The first-order valence-electron chi connectivity index (χ1n) is 16.0. The van der Waals surface area contributed by atoms with Gasteiger partial charge in [0.15, 0.2) is 9.84 Å². The lowest BCUT2D eigenvalue weighted by atomic mass is 9.72. The van der Waals surface area contributed by atoms with E-state index in [1.54, 1.807) is 0 Å². The van der Waals surface area contributed by atoms with E-state index in [1.165, 1.54) is 26.2 Å². The minimum absolute atomic E-state index is 0.0656. The first-order chi connectivity index (χ1) is 21.0. The molecule has 2 fully saturated rings. The van der Waals surface area contributed by atoms with Crippen LogP contribution >= 0.6 is 0 Å². The third-order valence-corrected chi connectivity index (χ3v) is 11.8. The number of H-pyrrole nitrogens is 1. The summed E-state index contributed by atoms with van der Waals surface area (Å²) in [5.74, 6) is 0.137. The number of imidazole rings is 1. The van der Waals surface area contributed by atoms with Crippen molar-refractivity contribution in [2.45, 2.75) is 108 Å². The van der Waals surface area contributed by atoms with Crippen LogP contribution in [0.5, 0.6) is 0 Å². The molecule has 2 amide bonds. The molecule has 6 atom stereocenters. The number of rotatable bonds is 11. The third kappa shape index (κ3) is 8.45. The second-order valence-corrected chi connectivity index (χ2v) is 17.2. The zero-order chi connectivity index (χ0) is 33.2. The molecule has 4 rings (SSSR count). The van der Waals surface area contributed by atoms with Gasteiger partial charge in [0.1, 0.15) is 6.04 Å². The number of aliphatic hydroxyl groups excluding tert-OH is 1. The Morgan fingerprint density at radius 3 is 2.29 bits per heavy atom.